The molecule has 0 rings (SSSR count). The molecule has 2 heteroatoms. The van der Waals surface area contributed by atoms with Gasteiger partial charge >= 0.3 is 0 Å². The highest BCUT2D eigenvalue weighted by atomic mass is 16.5. The lowest BCUT2D eigenvalue weighted by Gasteiger charge is -2.22. The van der Waals surface area contributed by atoms with Crippen molar-refractivity contribution in [3.05, 3.63) is 106 Å². The summed E-state index contributed by atoms with van der Waals surface area (Å²) >= 11 is 0. The van der Waals surface area contributed by atoms with E-state index in [1.54, 1.807) is 7.11 Å². The zero-order valence-electron chi connectivity index (χ0n) is 29.9. The first-order chi connectivity index (χ1) is 20.1. The van der Waals surface area contributed by atoms with Crippen molar-refractivity contribution in [2.45, 2.75) is 145 Å². The van der Waals surface area contributed by atoms with Crippen molar-refractivity contribution in [2.75, 3.05) is 7.11 Å². The molecule has 0 aromatic rings. The molecule has 0 saturated carbocycles. The van der Waals surface area contributed by atoms with Crippen LogP contribution in [0.1, 0.15) is 133 Å². The van der Waals surface area contributed by atoms with Crippen molar-refractivity contribution in [1.82, 2.24) is 0 Å². The van der Waals surface area contributed by atoms with Crippen LogP contribution in [-0.4, -0.2) is 23.4 Å². The Morgan fingerprint density at radius 1 is 0.558 bits per heavy atom. The number of methoxy groups -OCH3 is 1. The van der Waals surface area contributed by atoms with Gasteiger partial charge in [0.25, 0.3) is 0 Å². The molecule has 0 spiro atoms. The fraction of sp³-hybridized carbons (Fsp3) is 0.561. The van der Waals surface area contributed by atoms with Gasteiger partial charge in [0.1, 0.15) is 0 Å². The number of hydrogen-bond acceptors (Lipinski definition) is 2. The van der Waals surface area contributed by atoms with Crippen molar-refractivity contribution < 1.29 is 9.84 Å². The maximum absolute atomic E-state index is 9.84. The minimum Gasteiger partial charge on any atom is -0.390 e. The van der Waals surface area contributed by atoms with Gasteiger partial charge in [-0.2, -0.15) is 0 Å². The summed E-state index contributed by atoms with van der Waals surface area (Å²) in [6, 6.07) is 0. The molecule has 2 nitrogen and oxygen atoms in total. The molecule has 0 aliphatic rings. The van der Waals surface area contributed by atoms with E-state index < -0.39 is 5.60 Å². The Balaban J connectivity index is 4.47. The average molecular weight is 591 g/mol. The molecule has 0 amide bonds. The van der Waals surface area contributed by atoms with Crippen LogP contribution in [-0.2, 0) is 4.74 Å². The summed E-state index contributed by atoms with van der Waals surface area (Å²) in [6.07, 6.45) is 37.1. The molecule has 242 valence electrons. The topological polar surface area (TPSA) is 29.5 Å². The summed E-state index contributed by atoms with van der Waals surface area (Å²) in [7, 11) is 1.79. The second-order valence-electron chi connectivity index (χ2n) is 13.6. The largest absolute Gasteiger partial charge is 0.390 e. The lowest BCUT2D eigenvalue weighted by molar-refractivity contribution is 0.0140. The molecule has 0 aliphatic heterocycles. The Kier molecular flexibility index (Phi) is 21.7. The number of rotatable bonds is 21. The minimum absolute atomic E-state index is 0.0325. The Hall–Kier alpha value is -2.42. The van der Waals surface area contributed by atoms with Crippen molar-refractivity contribution in [1.29, 1.82) is 0 Å². The van der Waals surface area contributed by atoms with Crippen LogP contribution in [0, 0.1) is 0 Å². The first-order valence-corrected chi connectivity index (χ1v) is 16.4. The van der Waals surface area contributed by atoms with E-state index in [2.05, 4.69) is 128 Å². The molecule has 0 aromatic carbocycles. The fourth-order valence-electron chi connectivity index (χ4n) is 4.41. The van der Waals surface area contributed by atoms with Crippen LogP contribution in [0.3, 0.4) is 0 Å². The van der Waals surface area contributed by atoms with Gasteiger partial charge in [0.15, 0.2) is 0 Å². The van der Waals surface area contributed by atoms with Gasteiger partial charge in [-0.25, -0.2) is 0 Å². The van der Waals surface area contributed by atoms with Crippen LogP contribution in [0.4, 0.5) is 0 Å². The summed E-state index contributed by atoms with van der Waals surface area (Å²) in [5.41, 5.74) is 7.59. The standard InChI is InChI=1S/C41H66O2/c1-34(22-14-24-36(3)26-16-28-38(5)30-18-32-40(7,8)42)20-12-13-21-35(2)23-15-25-37(4)27-17-29-39(6)31-19-33-41(9,10)43-11/h12-13,15,17,20-21,23-25,27-29,42H,14,16,18-19,22,26,30-33H2,1-11H3. The highest BCUT2D eigenvalue weighted by Gasteiger charge is 2.15. The summed E-state index contributed by atoms with van der Waals surface area (Å²) in [5, 5.41) is 9.84. The number of allylic oxidation sites excluding steroid dienone is 18. The first kappa shape index (κ1) is 40.6. The van der Waals surface area contributed by atoms with Gasteiger partial charge in [-0.15, -0.1) is 0 Å². The number of hydrogen-bond donors (Lipinski definition) is 1. The fourth-order valence-corrected chi connectivity index (χ4v) is 4.41. The van der Waals surface area contributed by atoms with E-state index in [9.17, 15) is 5.11 Å². The van der Waals surface area contributed by atoms with Gasteiger partial charge in [-0.05, 0) is 133 Å². The SMILES string of the molecule is COC(C)(C)CCCC(C)=CC=CC(C)=CC=CC(C)=CC=CC=C(C)CCC=C(C)CCC=C(C)CCCC(C)(C)O. The Morgan fingerprint density at radius 2 is 0.977 bits per heavy atom. The maximum Gasteiger partial charge on any atom is 0.0622 e. The molecule has 0 bridgehead atoms. The van der Waals surface area contributed by atoms with Crippen LogP contribution >= 0.6 is 0 Å². The van der Waals surface area contributed by atoms with Crippen LogP contribution < -0.4 is 0 Å². The summed E-state index contributed by atoms with van der Waals surface area (Å²) in [4.78, 5) is 0. The van der Waals surface area contributed by atoms with Gasteiger partial charge < -0.3 is 9.84 Å². The smallest absolute Gasteiger partial charge is 0.0622 e. The first-order valence-electron chi connectivity index (χ1n) is 16.4. The van der Waals surface area contributed by atoms with E-state index in [1.807, 2.05) is 13.8 Å². The summed E-state index contributed by atoms with van der Waals surface area (Å²) in [6.45, 7) is 21.2. The molecule has 43 heavy (non-hydrogen) atoms. The monoisotopic (exact) mass is 591 g/mol. The maximum atomic E-state index is 9.84. The zero-order valence-corrected chi connectivity index (χ0v) is 29.9. The van der Waals surface area contributed by atoms with Gasteiger partial charge in [0.05, 0.1) is 11.2 Å². The molecule has 0 atom stereocenters. The van der Waals surface area contributed by atoms with Gasteiger partial charge in [0.2, 0.25) is 0 Å². The van der Waals surface area contributed by atoms with Crippen LogP contribution in [0.25, 0.3) is 0 Å². The molecular weight excluding hydrogens is 524 g/mol. The molecule has 0 fully saturated rings. The van der Waals surface area contributed by atoms with E-state index in [-0.39, 0.29) is 5.60 Å². The summed E-state index contributed by atoms with van der Waals surface area (Å²) in [5.74, 6) is 0. The van der Waals surface area contributed by atoms with Crippen molar-refractivity contribution >= 4 is 0 Å². The van der Waals surface area contributed by atoms with E-state index in [1.165, 1.54) is 33.4 Å². The Morgan fingerprint density at radius 3 is 1.56 bits per heavy atom. The number of aliphatic hydroxyl groups is 1. The molecular formula is C41H66O2. The Bertz CT molecular complexity index is 1060. The lowest BCUT2D eigenvalue weighted by atomic mass is 9.99. The zero-order chi connectivity index (χ0) is 32.7. The van der Waals surface area contributed by atoms with E-state index >= 15 is 0 Å². The van der Waals surface area contributed by atoms with Crippen LogP contribution in [0.5, 0.6) is 0 Å². The predicted molar refractivity (Wildman–Crippen MR) is 194 cm³/mol. The van der Waals surface area contributed by atoms with E-state index in [0.29, 0.717) is 0 Å². The molecule has 0 radical (unpaired) electrons. The minimum atomic E-state index is -0.551. The molecule has 0 unspecified atom stereocenters. The van der Waals surface area contributed by atoms with Crippen molar-refractivity contribution in [2.24, 2.45) is 0 Å². The third kappa shape index (κ3) is 26.9. The van der Waals surface area contributed by atoms with Gasteiger partial charge in [-0.1, -0.05) is 106 Å². The van der Waals surface area contributed by atoms with Crippen molar-refractivity contribution in [3.63, 3.8) is 0 Å². The van der Waals surface area contributed by atoms with Crippen LogP contribution in [0.2, 0.25) is 0 Å². The highest BCUT2D eigenvalue weighted by molar-refractivity contribution is 5.30. The third-order valence-corrected chi connectivity index (χ3v) is 7.63. The van der Waals surface area contributed by atoms with E-state index in [4.69, 9.17) is 4.74 Å². The molecule has 0 aromatic heterocycles. The van der Waals surface area contributed by atoms with Crippen LogP contribution in [0.15, 0.2) is 106 Å². The second kappa shape index (κ2) is 23.0. The normalized spacial score (nSPS) is 15.6. The van der Waals surface area contributed by atoms with E-state index in [0.717, 1.165) is 64.2 Å². The molecule has 0 saturated heterocycles. The quantitative estimate of drug-likeness (QED) is 0.106. The third-order valence-electron chi connectivity index (χ3n) is 7.63. The lowest BCUT2D eigenvalue weighted by Crippen LogP contribution is -2.21. The second-order valence-corrected chi connectivity index (χ2v) is 13.6. The van der Waals surface area contributed by atoms with Gasteiger partial charge in [0, 0.05) is 7.11 Å². The average Bonchev–Trinajstić information content (AvgIpc) is 2.90. The Labute approximate surface area is 267 Å². The van der Waals surface area contributed by atoms with Crippen molar-refractivity contribution in [3.8, 4) is 0 Å². The molecule has 0 aliphatic carbocycles. The molecule has 0 heterocycles. The summed E-state index contributed by atoms with van der Waals surface area (Å²) < 4.78 is 5.50. The predicted octanol–water partition coefficient (Wildman–Crippen LogP) is 12.4. The molecule has 1 N–H and O–H groups in total. The highest BCUT2D eigenvalue weighted by Crippen LogP contribution is 2.19. The van der Waals surface area contributed by atoms with Gasteiger partial charge in [-0.3, -0.25) is 0 Å². The number of ether oxygens (including phenoxy) is 1.